The van der Waals surface area contributed by atoms with Crippen LogP contribution in [0.15, 0.2) is 18.5 Å². The Morgan fingerprint density at radius 1 is 1.56 bits per heavy atom. The van der Waals surface area contributed by atoms with E-state index in [0.29, 0.717) is 12.8 Å². The van der Waals surface area contributed by atoms with E-state index in [1.54, 1.807) is 0 Å². The number of nitrogens with zero attached hydrogens (tertiary/aromatic N) is 1. The molecule has 0 spiro atoms. The van der Waals surface area contributed by atoms with E-state index in [0.717, 1.165) is 6.20 Å². The van der Waals surface area contributed by atoms with Crippen LogP contribution in [0.2, 0.25) is 0 Å². The molecule has 0 aromatic carbocycles. The summed E-state index contributed by atoms with van der Waals surface area (Å²) < 4.78 is 12.8. The second-order valence-corrected chi connectivity index (χ2v) is 3.54. The number of amides is 2. The molecule has 0 radical (unpaired) electrons. The fourth-order valence-electron chi connectivity index (χ4n) is 1.52. The van der Waals surface area contributed by atoms with Gasteiger partial charge in [0.15, 0.2) is 0 Å². The average molecular weight is 223 g/mol. The van der Waals surface area contributed by atoms with Crippen molar-refractivity contribution in [3.63, 3.8) is 0 Å². The molecule has 0 aliphatic carbocycles. The highest BCUT2D eigenvalue weighted by atomic mass is 19.1. The largest absolute Gasteiger partial charge is 0.344 e. The lowest BCUT2D eigenvalue weighted by atomic mass is 10.2. The lowest BCUT2D eigenvalue weighted by Gasteiger charge is -2.10. The molecule has 1 atom stereocenters. The number of hydrogen-bond acceptors (Lipinski definition) is 3. The van der Waals surface area contributed by atoms with Gasteiger partial charge in [0, 0.05) is 12.5 Å². The van der Waals surface area contributed by atoms with Crippen molar-refractivity contribution in [3.8, 4) is 0 Å². The summed E-state index contributed by atoms with van der Waals surface area (Å²) in [5, 5.41) is 5.01. The highest BCUT2D eigenvalue weighted by molar-refractivity contribution is 5.98. The molecule has 2 amide bonds. The summed E-state index contributed by atoms with van der Waals surface area (Å²) in [7, 11) is 0. The third-order valence-electron chi connectivity index (χ3n) is 2.28. The Bertz CT molecular complexity index is 436. The van der Waals surface area contributed by atoms with E-state index >= 15 is 0 Å². The van der Waals surface area contributed by atoms with E-state index in [9.17, 15) is 14.0 Å². The molecule has 1 fully saturated rings. The summed E-state index contributed by atoms with van der Waals surface area (Å²) in [5.74, 6) is -1.01. The first kappa shape index (κ1) is 10.5. The van der Waals surface area contributed by atoms with Crippen LogP contribution in [0.5, 0.6) is 0 Å². The van der Waals surface area contributed by atoms with Crippen LogP contribution in [0.25, 0.3) is 0 Å². The molecular weight excluding hydrogens is 213 g/mol. The summed E-state index contributed by atoms with van der Waals surface area (Å²) in [4.78, 5) is 26.1. The van der Waals surface area contributed by atoms with Gasteiger partial charge < -0.3 is 10.6 Å². The number of nitrogens with one attached hydrogen (secondary N) is 2. The summed E-state index contributed by atoms with van der Waals surface area (Å²) in [5.41, 5.74) is 0.283. The van der Waals surface area contributed by atoms with E-state index in [2.05, 4.69) is 15.6 Å². The van der Waals surface area contributed by atoms with Gasteiger partial charge in [-0.15, -0.1) is 0 Å². The van der Waals surface area contributed by atoms with Gasteiger partial charge in [0.05, 0.1) is 18.1 Å². The third kappa shape index (κ3) is 2.33. The lowest BCUT2D eigenvalue weighted by Crippen LogP contribution is -2.37. The van der Waals surface area contributed by atoms with E-state index in [1.165, 1.54) is 12.3 Å². The minimum Gasteiger partial charge on any atom is -0.344 e. The van der Waals surface area contributed by atoms with Crippen molar-refractivity contribution in [2.24, 2.45) is 0 Å². The van der Waals surface area contributed by atoms with Crippen LogP contribution in [0, 0.1) is 5.82 Å². The van der Waals surface area contributed by atoms with Gasteiger partial charge in [-0.1, -0.05) is 0 Å². The predicted octanol–water partition coefficient (Wildman–Crippen LogP) is 0.438. The van der Waals surface area contributed by atoms with Gasteiger partial charge in [0.25, 0.3) is 0 Å². The first-order valence-corrected chi connectivity index (χ1v) is 4.86. The molecule has 6 heteroatoms. The number of hydrogen-bond donors (Lipinski definition) is 2. The number of aromatic nitrogens is 1. The highest BCUT2D eigenvalue weighted by Gasteiger charge is 2.27. The Hall–Kier alpha value is -1.98. The molecule has 2 N–H and O–H groups in total. The maximum atomic E-state index is 12.8. The Kier molecular flexibility index (Phi) is 2.80. The summed E-state index contributed by atoms with van der Waals surface area (Å²) in [6, 6.07) is 0.637. The van der Waals surface area contributed by atoms with Crippen LogP contribution < -0.4 is 10.6 Å². The topological polar surface area (TPSA) is 71.1 Å². The molecule has 0 unspecified atom stereocenters. The van der Waals surface area contributed by atoms with Gasteiger partial charge in [-0.2, -0.15) is 0 Å². The highest BCUT2D eigenvalue weighted by Crippen LogP contribution is 2.11. The Labute approximate surface area is 91.1 Å². The molecule has 1 aliphatic rings. The van der Waals surface area contributed by atoms with Crippen LogP contribution in [0.1, 0.15) is 12.8 Å². The lowest BCUT2D eigenvalue weighted by molar-refractivity contribution is -0.122. The Morgan fingerprint density at radius 3 is 3.00 bits per heavy atom. The maximum Gasteiger partial charge on any atom is 0.247 e. The molecule has 2 heterocycles. The smallest absolute Gasteiger partial charge is 0.247 e. The summed E-state index contributed by atoms with van der Waals surface area (Å²) in [6.07, 6.45) is 3.21. The molecular formula is C10H10FN3O2. The van der Waals surface area contributed by atoms with Gasteiger partial charge in [0.1, 0.15) is 11.9 Å². The minimum atomic E-state index is -0.532. The number of carbonyl (C=O) groups is 2. The second kappa shape index (κ2) is 4.26. The maximum absolute atomic E-state index is 12.8. The first-order valence-electron chi connectivity index (χ1n) is 4.86. The quantitative estimate of drug-likeness (QED) is 0.764. The fourth-order valence-corrected chi connectivity index (χ4v) is 1.52. The zero-order valence-corrected chi connectivity index (χ0v) is 8.37. The monoisotopic (exact) mass is 223 g/mol. The Balaban J connectivity index is 1.99. The van der Waals surface area contributed by atoms with Gasteiger partial charge in [-0.3, -0.25) is 14.6 Å². The molecule has 0 bridgehead atoms. The van der Waals surface area contributed by atoms with Crippen LogP contribution in [-0.2, 0) is 9.59 Å². The first-order chi connectivity index (χ1) is 7.65. The van der Waals surface area contributed by atoms with Crippen molar-refractivity contribution in [1.82, 2.24) is 10.3 Å². The predicted molar refractivity (Wildman–Crippen MR) is 54.0 cm³/mol. The van der Waals surface area contributed by atoms with Crippen molar-refractivity contribution >= 4 is 17.5 Å². The van der Waals surface area contributed by atoms with Crippen molar-refractivity contribution in [2.75, 3.05) is 5.32 Å². The molecule has 1 aliphatic heterocycles. The molecule has 1 aromatic heterocycles. The second-order valence-electron chi connectivity index (χ2n) is 3.54. The zero-order chi connectivity index (χ0) is 11.5. The van der Waals surface area contributed by atoms with Crippen LogP contribution in [0.4, 0.5) is 10.1 Å². The molecule has 1 aromatic rings. The number of anilines is 1. The van der Waals surface area contributed by atoms with Crippen LogP contribution in [0.3, 0.4) is 0 Å². The van der Waals surface area contributed by atoms with Gasteiger partial charge >= 0.3 is 0 Å². The van der Waals surface area contributed by atoms with Crippen molar-refractivity contribution in [1.29, 1.82) is 0 Å². The van der Waals surface area contributed by atoms with E-state index in [-0.39, 0.29) is 17.5 Å². The van der Waals surface area contributed by atoms with Gasteiger partial charge in [-0.05, 0) is 6.42 Å². The minimum absolute atomic E-state index is 0.141. The van der Waals surface area contributed by atoms with E-state index < -0.39 is 11.9 Å². The van der Waals surface area contributed by atoms with Crippen LogP contribution in [-0.4, -0.2) is 22.8 Å². The van der Waals surface area contributed by atoms with E-state index in [1.807, 2.05) is 0 Å². The normalized spacial score (nSPS) is 19.3. The zero-order valence-electron chi connectivity index (χ0n) is 8.37. The van der Waals surface area contributed by atoms with Gasteiger partial charge in [-0.25, -0.2) is 4.39 Å². The number of pyridine rings is 1. The number of rotatable bonds is 2. The van der Waals surface area contributed by atoms with Crippen molar-refractivity contribution in [3.05, 3.63) is 24.3 Å². The number of carbonyl (C=O) groups excluding carboxylic acids is 2. The number of halogens is 1. The van der Waals surface area contributed by atoms with Crippen molar-refractivity contribution < 1.29 is 14.0 Å². The Morgan fingerprint density at radius 2 is 2.38 bits per heavy atom. The molecule has 16 heavy (non-hydrogen) atoms. The van der Waals surface area contributed by atoms with Crippen molar-refractivity contribution in [2.45, 2.75) is 18.9 Å². The molecule has 0 saturated carbocycles. The third-order valence-corrected chi connectivity index (χ3v) is 2.28. The fraction of sp³-hybridized carbons (Fsp3) is 0.300. The van der Waals surface area contributed by atoms with E-state index in [4.69, 9.17) is 0 Å². The van der Waals surface area contributed by atoms with Crippen LogP contribution >= 0.6 is 0 Å². The molecule has 1 saturated heterocycles. The summed E-state index contributed by atoms with van der Waals surface area (Å²) in [6.45, 7) is 0. The molecule has 2 rings (SSSR count). The SMILES string of the molecule is O=C1CC[C@@H](C(=O)Nc2cncc(F)c2)N1. The molecule has 5 nitrogen and oxygen atoms in total. The average Bonchev–Trinajstić information content (AvgIpc) is 2.65. The van der Waals surface area contributed by atoms with Gasteiger partial charge in [0.2, 0.25) is 11.8 Å². The standard InChI is InChI=1S/C10H10FN3O2/c11-6-3-7(5-12-4-6)13-10(16)8-1-2-9(15)14-8/h3-5,8H,1-2H2,(H,13,16)(H,14,15)/t8-/m0/s1. The summed E-state index contributed by atoms with van der Waals surface area (Å²) >= 11 is 0. The molecule has 84 valence electrons.